The van der Waals surface area contributed by atoms with Crippen LogP contribution in [0.5, 0.6) is 0 Å². The van der Waals surface area contributed by atoms with Gasteiger partial charge in [-0.25, -0.2) is 4.39 Å². The second-order valence-electron chi connectivity index (χ2n) is 4.15. The molecule has 1 amide bonds. The fraction of sp³-hybridized carbons (Fsp3) is 0.0714. The van der Waals surface area contributed by atoms with Crippen LogP contribution in [0, 0.1) is 5.82 Å². The van der Waals surface area contributed by atoms with E-state index in [2.05, 4.69) is 21.2 Å². The van der Waals surface area contributed by atoms with Crippen LogP contribution in [0.4, 0.5) is 10.1 Å². The van der Waals surface area contributed by atoms with Gasteiger partial charge < -0.3 is 11.1 Å². The van der Waals surface area contributed by atoms with Crippen molar-refractivity contribution in [3.8, 4) is 0 Å². The lowest BCUT2D eigenvalue weighted by Gasteiger charge is -2.18. The van der Waals surface area contributed by atoms with Crippen LogP contribution in [0.15, 0.2) is 46.9 Å². The van der Waals surface area contributed by atoms with Gasteiger partial charge in [-0.05, 0) is 42.5 Å². The molecule has 0 bridgehead atoms. The lowest BCUT2D eigenvalue weighted by Crippen LogP contribution is -2.28. The number of anilines is 1. The Kier molecular flexibility index (Phi) is 4.62. The monoisotopic (exact) mass is 356 g/mol. The number of amides is 1. The minimum atomic E-state index is -0.846. The molecule has 0 aliphatic carbocycles. The molecule has 1 unspecified atom stereocenters. The van der Waals surface area contributed by atoms with Crippen LogP contribution in [0.1, 0.15) is 11.6 Å². The highest BCUT2D eigenvalue weighted by Gasteiger charge is 2.20. The number of nitrogens with one attached hydrogen (secondary N) is 1. The van der Waals surface area contributed by atoms with Crippen LogP contribution < -0.4 is 11.1 Å². The molecular formula is C14H11BrClFN2O. The quantitative estimate of drug-likeness (QED) is 0.872. The molecule has 0 saturated carbocycles. The van der Waals surface area contributed by atoms with Crippen molar-refractivity contribution < 1.29 is 9.18 Å². The van der Waals surface area contributed by atoms with Gasteiger partial charge in [0, 0.05) is 20.7 Å². The summed E-state index contributed by atoms with van der Waals surface area (Å²) in [7, 11) is 0. The number of carbonyl (C=O) groups is 1. The van der Waals surface area contributed by atoms with E-state index >= 15 is 0 Å². The summed E-state index contributed by atoms with van der Waals surface area (Å²) in [6, 6.07) is 10.0. The largest absolute Gasteiger partial charge is 0.370 e. The molecule has 0 saturated heterocycles. The maximum atomic E-state index is 13.3. The summed E-state index contributed by atoms with van der Waals surface area (Å²) < 4.78 is 13.9. The predicted octanol–water partition coefficient (Wildman–Crippen LogP) is 3.88. The summed E-state index contributed by atoms with van der Waals surface area (Å²) in [4.78, 5) is 11.6. The van der Waals surface area contributed by atoms with E-state index in [4.69, 9.17) is 17.3 Å². The van der Waals surface area contributed by atoms with Crippen molar-refractivity contribution in [3.05, 3.63) is 63.3 Å². The topological polar surface area (TPSA) is 55.1 Å². The van der Waals surface area contributed by atoms with Crippen molar-refractivity contribution in [1.29, 1.82) is 0 Å². The molecule has 1 atom stereocenters. The average Bonchev–Trinajstić information content (AvgIpc) is 2.41. The molecule has 0 aliphatic rings. The van der Waals surface area contributed by atoms with Gasteiger partial charge in [-0.3, -0.25) is 4.79 Å². The number of primary amides is 1. The second-order valence-corrected chi connectivity index (χ2v) is 5.44. The Hall–Kier alpha value is -1.59. The summed E-state index contributed by atoms with van der Waals surface area (Å²) in [5.41, 5.74) is 6.49. The minimum absolute atomic E-state index is 0.437. The molecule has 0 radical (unpaired) electrons. The zero-order chi connectivity index (χ0) is 14.7. The van der Waals surface area contributed by atoms with Crippen LogP contribution in [0.3, 0.4) is 0 Å². The highest BCUT2D eigenvalue weighted by atomic mass is 79.9. The Morgan fingerprint density at radius 1 is 1.25 bits per heavy atom. The maximum absolute atomic E-state index is 13.3. The number of hydrogen-bond donors (Lipinski definition) is 2. The lowest BCUT2D eigenvalue weighted by atomic mass is 10.1. The third kappa shape index (κ3) is 3.49. The smallest absolute Gasteiger partial charge is 0.244 e. The first-order valence-corrected chi connectivity index (χ1v) is 6.91. The number of rotatable bonds is 4. The Morgan fingerprint density at radius 3 is 2.50 bits per heavy atom. The molecule has 2 aromatic carbocycles. The Bertz CT molecular complexity index is 634. The zero-order valence-corrected chi connectivity index (χ0v) is 12.6. The number of hydrogen-bond acceptors (Lipinski definition) is 2. The van der Waals surface area contributed by atoms with Gasteiger partial charge in [-0.2, -0.15) is 0 Å². The van der Waals surface area contributed by atoms with E-state index in [1.54, 1.807) is 24.3 Å². The SMILES string of the molecule is NC(=O)C(Nc1ccc(Cl)cc1)c1cc(F)ccc1Br. The molecule has 0 aromatic heterocycles. The van der Waals surface area contributed by atoms with E-state index in [-0.39, 0.29) is 0 Å². The van der Waals surface area contributed by atoms with Crippen molar-refractivity contribution in [2.45, 2.75) is 6.04 Å². The van der Waals surface area contributed by atoms with Gasteiger partial charge in [-0.15, -0.1) is 0 Å². The molecule has 104 valence electrons. The highest BCUT2D eigenvalue weighted by molar-refractivity contribution is 9.10. The molecule has 0 fully saturated rings. The van der Waals surface area contributed by atoms with Crippen molar-refractivity contribution >= 4 is 39.1 Å². The Balaban J connectivity index is 2.34. The predicted molar refractivity (Wildman–Crippen MR) is 81.1 cm³/mol. The third-order valence-corrected chi connectivity index (χ3v) is 3.68. The van der Waals surface area contributed by atoms with Crippen molar-refractivity contribution in [2.24, 2.45) is 5.73 Å². The molecule has 0 heterocycles. The van der Waals surface area contributed by atoms with Crippen molar-refractivity contribution in [1.82, 2.24) is 0 Å². The molecule has 0 aliphatic heterocycles. The summed E-state index contributed by atoms with van der Waals surface area (Å²) in [5.74, 6) is -1.04. The first kappa shape index (κ1) is 14.8. The van der Waals surface area contributed by atoms with E-state index in [1.807, 2.05) is 0 Å². The van der Waals surface area contributed by atoms with E-state index in [9.17, 15) is 9.18 Å². The maximum Gasteiger partial charge on any atom is 0.244 e. The molecular weight excluding hydrogens is 347 g/mol. The number of carbonyl (C=O) groups excluding carboxylic acids is 1. The van der Waals surface area contributed by atoms with Crippen LogP contribution in [-0.2, 0) is 4.79 Å². The van der Waals surface area contributed by atoms with Crippen LogP contribution in [0.2, 0.25) is 5.02 Å². The van der Waals surface area contributed by atoms with Gasteiger partial charge in [0.25, 0.3) is 0 Å². The molecule has 3 nitrogen and oxygen atoms in total. The minimum Gasteiger partial charge on any atom is -0.370 e. The van der Waals surface area contributed by atoms with E-state index in [0.717, 1.165) is 0 Å². The molecule has 20 heavy (non-hydrogen) atoms. The standard InChI is InChI=1S/C14H11BrClFN2O/c15-12-6-3-9(17)7-11(12)13(14(18)20)19-10-4-1-8(16)2-5-10/h1-7,13,19H,(H2,18,20). The van der Waals surface area contributed by atoms with Crippen molar-refractivity contribution in [2.75, 3.05) is 5.32 Å². The van der Waals surface area contributed by atoms with Crippen molar-refractivity contribution in [3.63, 3.8) is 0 Å². The fourth-order valence-electron chi connectivity index (χ4n) is 1.75. The zero-order valence-electron chi connectivity index (χ0n) is 10.2. The highest BCUT2D eigenvalue weighted by Crippen LogP contribution is 2.27. The average molecular weight is 358 g/mol. The molecule has 2 rings (SSSR count). The van der Waals surface area contributed by atoms with Crippen LogP contribution in [-0.4, -0.2) is 5.91 Å². The van der Waals surface area contributed by atoms with Gasteiger partial charge in [0.05, 0.1) is 0 Å². The summed E-state index contributed by atoms with van der Waals surface area (Å²) in [6.45, 7) is 0. The van der Waals surface area contributed by atoms with Gasteiger partial charge >= 0.3 is 0 Å². The number of benzene rings is 2. The molecule has 0 spiro atoms. The first-order valence-electron chi connectivity index (χ1n) is 5.74. The van der Waals surface area contributed by atoms with E-state index < -0.39 is 17.8 Å². The number of halogens is 3. The van der Waals surface area contributed by atoms with E-state index in [0.29, 0.717) is 20.7 Å². The van der Waals surface area contributed by atoms with Crippen LogP contribution in [0.25, 0.3) is 0 Å². The van der Waals surface area contributed by atoms with Gasteiger partial charge in [0.2, 0.25) is 5.91 Å². The molecule has 3 N–H and O–H groups in total. The van der Waals surface area contributed by atoms with E-state index in [1.165, 1.54) is 18.2 Å². The first-order chi connectivity index (χ1) is 9.47. The van der Waals surface area contributed by atoms with Gasteiger partial charge in [-0.1, -0.05) is 27.5 Å². The second kappa shape index (κ2) is 6.24. The summed E-state index contributed by atoms with van der Waals surface area (Å²) in [5, 5.41) is 3.54. The lowest BCUT2D eigenvalue weighted by molar-refractivity contribution is -0.118. The van der Waals surface area contributed by atoms with Gasteiger partial charge in [0.1, 0.15) is 11.9 Å². The van der Waals surface area contributed by atoms with Crippen LogP contribution >= 0.6 is 27.5 Å². The Morgan fingerprint density at radius 2 is 1.90 bits per heavy atom. The normalized spacial score (nSPS) is 11.9. The third-order valence-electron chi connectivity index (χ3n) is 2.71. The summed E-state index contributed by atoms with van der Waals surface area (Å²) in [6.07, 6.45) is 0. The summed E-state index contributed by atoms with van der Waals surface area (Å²) >= 11 is 9.09. The Labute approximate surface area is 129 Å². The molecule has 6 heteroatoms. The fourth-order valence-corrected chi connectivity index (χ4v) is 2.35. The van der Waals surface area contributed by atoms with Gasteiger partial charge in [0.15, 0.2) is 0 Å². The number of nitrogens with two attached hydrogens (primary N) is 1. The molecule has 2 aromatic rings.